The van der Waals surface area contributed by atoms with Gasteiger partial charge in [0.15, 0.2) is 0 Å². The Hall–Kier alpha value is -0.0700. The van der Waals surface area contributed by atoms with Gasteiger partial charge in [0.05, 0.1) is 12.5 Å². The van der Waals surface area contributed by atoms with E-state index in [4.69, 9.17) is 4.74 Å². The van der Waals surface area contributed by atoms with Crippen LogP contribution in [0.4, 0.5) is 0 Å². The molecule has 1 N–H and O–H groups in total. The number of ether oxygens (including phenoxy) is 1. The highest BCUT2D eigenvalue weighted by atomic mass is 32.2. The molecule has 0 aromatic carbocycles. The van der Waals surface area contributed by atoms with Crippen LogP contribution in [0, 0.1) is 5.92 Å². The van der Waals surface area contributed by atoms with E-state index < -0.39 is 26.4 Å². The Balaban J connectivity index is 2.29. The van der Waals surface area contributed by atoms with Crippen molar-refractivity contribution in [2.24, 2.45) is 5.92 Å². The summed E-state index contributed by atoms with van der Waals surface area (Å²) in [5.41, 5.74) is -1.28. The highest BCUT2D eigenvalue weighted by Gasteiger charge is 2.57. The van der Waals surface area contributed by atoms with E-state index in [2.05, 4.69) is 0 Å². The van der Waals surface area contributed by atoms with E-state index in [1.165, 1.54) is 11.8 Å². The molecule has 0 aliphatic carbocycles. The predicted octanol–water partition coefficient (Wildman–Crippen LogP) is 0.902. The zero-order chi connectivity index (χ0) is 12.7. The number of aliphatic hydroxyl groups is 1. The maximum absolute atomic E-state index is 12.2. The summed E-state index contributed by atoms with van der Waals surface area (Å²) < 4.78 is 16.3. The van der Waals surface area contributed by atoms with Crippen LogP contribution in [-0.2, 0) is 20.3 Å². The van der Waals surface area contributed by atoms with Gasteiger partial charge in [0, 0.05) is 16.6 Å². The van der Waals surface area contributed by atoms with E-state index in [-0.39, 0.29) is 5.97 Å². The average Bonchev–Trinajstić information content (AvgIpc) is 2.69. The first kappa shape index (κ1) is 13.4. The molecule has 4 atom stereocenters. The first-order valence-electron chi connectivity index (χ1n) is 5.81. The maximum Gasteiger partial charge on any atom is 0.312 e. The summed E-state index contributed by atoms with van der Waals surface area (Å²) >= 11 is 1.51. The lowest BCUT2D eigenvalue weighted by Gasteiger charge is -2.45. The molecule has 2 aliphatic rings. The molecule has 0 unspecified atom stereocenters. The molecule has 0 amide bonds. The van der Waals surface area contributed by atoms with Crippen molar-refractivity contribution in [2.75, 3.05) is 18.1 Å². The van der Waals surface area contributed by atoms with E-state index in [0.29, 0.717) is 18.8 Å². The van der Waals surface area contributed by atoms with Gasteiger partial charge in [0.2, 0.25) is 0 Å². The molecule has 2 fully saturated rings. The van der Waals surface area contributed by atoms with Gasteiger partial charge in [-0.2, -0.15) is 0 Å². The topological polar surface area (TPSA) is 63.6 Å². The zero-order valence-electron chi connectivity index (χ0n) is 10.1. The minimum Gasteiger partial charge on any atom is -0.465 e. The quantitative estimate of drug-likeness (QED) is 0.760. The number of esters is 1. The number of carbonyl (C=O) groups is 1. The Morgan fingerprint density at radius 3 is 2.88 bits per heavy atom. The summed E-state index contributed by atoms with van der Waals surface area (Å²) in [7, 11) is -1.12. The highest BCUT2D eigenvalue weighted by molar-refractivity contribution is 8.13. The molecule has 6 heteroatoms. The van der Waals surface area contributed by atoms with Crippen LogP contribution in [0.5, 0.6) is 0 Å². The smallest absolute Gasteiger partial charge is 0.312 e. The van der Waals surface area contributed by atoms with E-state index >= 15 is 0 Å². The molecule has 4 nitrogen and oxygen atoms in total. The fourth-order valence-electron chi connectivity index (χ4n) is 2.42. The third kappa shape index (κ3) is 2.04. The Labute approximate surface area is 108 Å². The van der Waals surface area contributed by atoms with Gasteiger partial charge < -0.3 is 9.84 Å². The number of carbonyl (C=O) groups excluding carboxylic acids is 1. The lowest BCUT2D eigenvalue weighted by Crippen LogP contribution is -2.58. The number of hydrogen-bond donors (Lipinski definition) is 1. The fourth-order valence-corrected chi connectivity index (χ4v) is 6.14. The molecule has 0 aromatic rings. The van der Waals surface area contributed by atoms with Crippen molar-refractivity contribution >= 4 is 28.5 Å². The van der Waals surface area contributed by atoms with Crippen LogP contribution >= 0.6 is 11.8 Å². The monoisotopic (exact) mass is 278 g/mol. The highest BCUT2D eigenvalue weighted by Crippen LogP contribution is 2.48. The minimum atomic E-state index is -1.28. The molecule has 17 heavy (non-hydrogen) atoms. The minimum absolute atomic E-state index is 0.354. The first-order valence-corrected chi connectivity index (χ1v) is 8.11. The summed E-state index contributed by atoms with van der Waals surface area (Å²) in [6.45, 7) is 3.78. The summed E-state index contributed by atoms with van der Waals surface area (Å²) in [6.07, 6.45) is 1.41. The maximum atomic E-state index is 12.2. The molecule has 2 aliphatic heterocycles. The number of thioether (sulfide) groups is 1. The SMILES string of the molecule is C[C@](O)([C@H]1CCOC1=O)[C@@]1(C)SCCC[S@]1=O. The van der Waals surface area contributed by atoms with E-state index in [1.54, 1.807) is 13.8 Å². The molecule has 0 spiro atoms. The van der Waals surface area contributed by atoms with Gasteiger partial charge in [-0.3, -0.25) is 9.00 Å². The second kappa shape index (κ2) is 4.55. The van der Waals surface area contributed by atoms with Crippen molar-refractivity contribution in [3.05, 3.63) is 0 Å². The normalized spacial score (nSPS) is 41.9. The lowest BCUT2D eigenvalue weighted by atomic mass is 9.85. The average molecular weight is 278 g/mol. The molecule has 0 bridgehead atoms. The van der Waals surface area contributed by atoms with Crippen LogP contribution in [0.1, 0.15) is 26.7 Å². The van der Waals surface area contributed by atoms with Gasteiger partial charge >= 0.3 is 5.97 Å². The Morgan fingerprint density at radius 1 is 1.65 bits per heavy atom. The van der Waals surface area contributed by atoms with Crippen molar-refractivity contribution in [3.8, 4) is 0 Å². The van der Waals surface area contributed by atoms with Gasteiger partial charge in [-0.25, -0.2) is 0 Å². The van der Waals surface area contributed by atoms with Gasteiger partial charge in [0.25, 0.3) is 0 Å². The summed E-state index contributed by atoms with van der Waals surface area (Å²) in [6, 6.07) is 0. The molecule has 0 aromatic heterocycles. The second-order valence-corrected chi connectivity index (χ2v) is 8.54. The van der Waals surface area contributed by atoms with Crippen LogP contribution in [-0.4, -0.2) is 43.1 Å². The summed E-state index contributed by atoms with van der Waals surface area (Å²) in [5.74, 6) is 0.558. The van der Waals surface area contributed by atoms with Crippen LogP contribution in [0.25, 0.3) is 0 Å². The van der Waals surface area contributed by atoms with Crippen molar-refractivity contribution in [1.82, 2.24) is 0 Å². The van der Waals surface area contributed by atoms with Crippen LogP contribution in [0.15, 0.2) is 0 Å². The third-order valence-electron chi connectivity index (χ3n) is 3.82. The first-order chi connectivity index (χ1) is 7.89. The molecule has 2 heterocycles. The van der Waals surface area contributed by atoms with Gasteiger partial charge in [-0.05, 0) is 32.4 Å². The molecule has 2 rings (SSSR count). The zero-order valence-corrected chi connectivity index (χ0v) is 11.7. The lowest BCUT2D eigenvalue weighted by molar-refractivity contribution is -0.148. The number of cyclic esters (lactones) is 1. The van der Waals surface area contributed by atoms with Crippen molar-refractivity contribution in [1.29, 1.82) is 0 Å². The van der Waals surface area contributed by atoms with Crippen molar-refractivity contribution in [2.45, 2.75) is 36.4 Å². The Kier molecular flexibility index (Phi) is 3.58. The molecule has 2 saturated heterocycles. The van der Waals surface area contributed by atoms with E-state index in [1.807, 2.05) is 0 Å². The van der Waals surface area contributed by atoms with E-state index in [9.17, 15) is 14.1 Å². The molecule has 0 radical (unpaired) electrons. The molecule has 0 saturated carbocycles. The van der Waals surface area contributed by atoms with Gasteiger partial charge in [0.1, 0.15) is 9.68 Å². The van der Waals surface area contributed by atoms with Gasteiger partial charge in [-0.15, -0.1) is 11.8 Å². The van der Waals surface area contributed by atoms with E-state index in [0.717, 1.165) is 12.2 Å². The number of hydrogen-bond acceptors (Lipinski definition) is 5. The van der Waals surface area contributed by atoms with Crippen molar-refractivity contribution < 1.29 is 18.8 Å². The molecule has 98 valence electrons. The van der Waals surface area contributed by atoms with Crippen LogP contribution in [0.3, 0.4) is 0 Å². The summed E-state index contributed by atoms with van der Waals surface area (Å²) in [4.78, 5) is 11.6. The Bertz CT molecular complexity index is 355. The van der Waals surface area contributed by atoms with Crippen molar-refractivity contribution in [3.63, 3.8) is 0 Å². The van der Waals surface area contributed by atoms with Crippen LogP contribution in [0.2, 0.25) is 0 Å². The van der Waals surface area contributed by atoms with Gasteiger partial charge in [-0.1, -0.05) is 0 Å². The molecular weight excluding hydrogens is 260 g/mol. The largest absolute Gasteiger partial charge is 0.465 e. The standard InChI is InChI=1S/C11H18O4S2/c1-10(13,8-4-5-15-9(8)12)11(2)16-6-3-7-17(11)14/h8,13H,3-7H2,1-2H3/t8-,10-,11-,17+/m0/s1. The molecular formula is C11H18O4S2. The van der Waals surface area contributed by atoms with Crippen LogP contribution < -0.4 is 0 Å². The third-order valence-corrected chi connectivity index (χ3v) is 8.13. The second-order valence-electron chi connectivity index (χ2n) is 4.85. The fraction of sp³-hybridized carbons (Fsp3) is 0.909. The summed E-state index contributed by atoms with van der Waals surface area (Å²) in [5, 5.41) is 10.7. The number of rotatable bonds is 2. The Morgan fingerprint density at radius 2 is 2.35 bits per heavy atom. The predicted molar refractivity (Wildman–Crippen MR) is 68.2 cm³/mol.